The van der Waals surface area contributed by atoms with Crippen molar-refractivity contribution in [1.29, 1.82) is 0 Å². The first kappa shape index (κ1) is 16.3. The Kier molecular flexibility index (Phi) is 5.28. The van der Waals surface area contributed by atoms with Crippen molar-refractivity contribution in [1.82, 2.24) is 5.32 Å². The maximum atomic E-state index is 12.0. The summed E-state index contributed by atoms with van der Waals surface area (Å²) < 4.78 is 22.6. The van der Waals surface area contributed by atoms with Crippen LogP contribution in [0.5, 0.6) is 11.5 Å². The fourth-order valence-corrected chi connectivity index (χ4v) is 3.19. The second-order valence-corrected chi connectivity index (χ2v) is 6.67. The number of fused-ring (bicyclic) bond motifs is 1. The number of benzene rings is 2. The van der Waals surface area contributed by atoms with Gasteiger partial charge in [-0.3, -0.25) is 9.00 Å². The first-order chi connectivity index (χ1) is 11.7. The molecule has 124 valence electrons. The zero-order chi connectivity index (χ0) is 16.8. The molecule has 0 bridgehead atoms. The highest BCUT2D eigenvalue weighted by Crippen LogP contribution is 2.32. The van der Waals surface area contributed by atoms with Crippen molar-refractivity contribution in [3.63, 3.8) is 0 Å². The fourth-order valence-electron chi connectivity index (χ4n) is 2.20. The molecule has 2 aromatic carbocycles. The number of nitrogens with one attached hydrogen (secondary N) is 1. The minimum Gasteiger partial charge on any atom is -0.454 e. The van der Waals surface area contributed by atoms with Gasteiger partial charge >= 0.3 is 0 Å². The van der Waals surface area contributed by atoms with Gasteiger partial charge in [-0.05, 0) is 35.9 Å². The molecule has 1 heterocycles. The summed E-state index contributed by atoms with van der Waals surface area (Å²) in [5, 5.41) is 2.73. The molecule has 1 amide bonds. The first-order valence-electron chi connectivity index (χ1n) is 7.51. The summed E-state index contributed by atoms with van der Waals surface area (Å²) in [5.41, 5.74) is 0.849. The number of ether oxygens (including phenoxy) is 2. The van der Waals surface area contributed by atoms with Gasteiger partial charge in [0.1, 0.15) is 0 Å². The Bertz CT molecular complexity index is 774. The maximum Gasteiger partial charge on any atom is 0.244 e. The van der Waals surface area contributed by atoms with E-state index in [4.69, 9.17) is 9.47 Å². The van der Waals surface area contributed by atoms with E-state index >= 15 is 0 Å². The van der Waals surface area contributed by atoms with E-state index in [-0.39, 0.29) is 12.7 Å². The predicted molar refractivity (Wildman–Crippen MR) is 92.3 cm³/mol. The maximum absolute atomic E-state index is 12.0. The molecule has 0 spiro atoms. The Morgan fingerprint density at radius 1 is 1.12 bits per heavy atom. The molecule has 0 aromatic heterocycles. The molecule has 1 aliphatic heterocycles. The van der Waals surface area contributed by atoms with E-state index in [9.17, 15) is 9.00 Å². The van der Waals surface area contributed by atoms with Gasteiger partial charge in [0, 0.05) is 23.3 Å². The van der Waals surface area contributed by atoms with Crippen molar-refractivity contribution in [2.24, 2.45) is 0 Å². The molecule has 24 heavy (non-hydrogen) atoms. The van der Waals surface area contributed by atoms with Crippen molar-refractivity contribution in [2.45, 2.75) is 4.90 Å². The second kappa shape index (κ2) is 7.79. The highest BCUT2D eigenvalue weighted by Gasteiger charge is 2.12. The lowest BCUT2D eigenvalue weighted by atomic mass is 10.2. The van der Waals surface area contributed by atoms with Gasteiger partial charge in [-0.2, -0.15) is 0 Å². The van der Waals surface area contributed by atoms with Gasteiger partial charge in [0.15, 0.2) is 11.5 Å². The van der Waals surface area contributed by atoms with Crippen LogP contribution in [0.2, 0.25) is 0 Å². The van der Waals surface area contributed by atoms with E-state index in [1.165, 1.54) is 6.08 Å². The number of rotatable bonds is 6. The van der Waals surface area contributed by atoms with Crippen LogP contribution in [0.3, 0.4) is 0 Å². The summed E-state index contributed by atoms with van der Waals surface area (Å²) in [7, 11) is -1.11. The largest absolute Gasteiger partial charge is 0.454 e. The third kappa shape index (κ3) is 4.23. The van der Waals surface area contributed by atoms with Gasteiger partial charge in [-0.1, -0.05) is 24.3 Å². The SMILES string of the molecule is O=C(/C=C/c1ccc2c(c1)OCO2)NCC[S@](=O)c1ccccc1. The van der Waals surface area contributed by atoms with Gasteiger partial charge in [0.05, 0.1) is 10.8 Å². The van der Waals surface area contributed by atoms with Crippen LogP contribution in [0.4, 0.5) is 0 Å². The van der Waals surface area contributed by atoms with E-state index in [0.717, 1.165) is 10.5 Å². The average Bonchev–Trinajstić information content (AvgIpc) is 3.08. The summed E-state index contributed by atoms with van der Waals surface area (Å²) in [4.78, 5) is 12.6. The smallest absolute Gasteiger partial charge is 0.244 e. The van der Waals surface area contributed by atoms with Gasteiger partial charge in [0.2, 0.25) is 12.7 Å². The van der Waals surface area contributed by atoms with Gasteiger partial charge in [-0.25, -0.2) is 0 Å². The minimum atomic E-state index is -1.11. The molecule has 0 saturated carbocycles. The summed E-state index contributed by atoms with van der Waals surface area (Å²) in [6.07, 6.45) is 3.15. The molecule has 0 unspecified atom stereocenters. The Hall–Kier alpha value is -2.60. The number of carbonyl (C=O) groups excluding carboxylic acids is 1. The summed E-state index contributed by atoms with van der Waals surface area (Å²) in [6, 6.07) is 14.7. The third-order valence-corrected chi connectivity index (χ3v) is 4.79. The molecule has 1 atom stereocenters. The van der Waals surface area contributed by atoms with Crippen molar-refractivity contribution < 1.29 is 18.5 Å². The lowest BCUT2D eigenvalue weighted by molar-refractivity contribution is -0.116. The molecule has 0 aliphatic carbocycles. The minimum absolute atomic E-state index is 0.224. The van der Waals surface area contributed by atoms with Crippen molar-refractivity contribution >= 4 is 22.8 Å². The van der Waals surface area contributed by atoms with E-state index in [0.29, 0.717) is 23.8 Å². The Balaban J connectivity index is 1.46. The average molecular weight is 343 g/mol. The topological polar surface area (TPSA) is 64.6 Å². The molecule has 0 fully saturated rings. The highest BCUT2D eigenvalue weighted by atomic mass is 32.2. The van der Waals surface area contributed by atoms with E-state index in [1.54, 1.807) is 6.08 Å². The monoisotopic (exact) mass is 343 g/mol. The zero-order valence-corrected chi connectivity index (χ0v) is 13.8. The zero-order valence-electron chi connectivity index (χ0n) is 12.9. The van der Waals surface area contributed by atoms with Gasteiger partial charge in [-0.15, -0.1) is 0 Å². The molecule has 0 saturated heterocycles. The molecule has 1 aliphatic rings. The normalized spacial score (nSPS) is 13.8. The summed E-state index contributed by atoms with van der Waals surface area (Å²) in [6.45, 7) is 0.577. The van der Waals surface area contributed by atoms with Crippen LogP contribution in [-0.2, 0) is 15.6 Å². The molecule has 1 N–H and O–H groups in total. The second-order valence-electron chi connectivity index (χ2n) is 5.10. The molecule has 5 nitrogen and oxygen atoms in total. The van der Waals surface area contributed by atoms with Crippen molar-refractivity contribution in [3.8, 4) is 11.5 Å². The quantitative estimate of drug-likeness (QED) is 0.818. The Morgan fingerprint density at radius 3 is 2.75 bits per heavy atom. The lowest BCUT2D eigenvalue weighted by Crippen LogP contribution is -2.25. The highest BCUT2D eigenvalue weighted by molar-refractivity contribution is 7.85. The van der Waals surface area contributed by atoms with E-state index in [2.05, 4.69) is 5.32 Å². The summed E-state index contributed by atoms with van der Waals surface area (Å²) >= 11 is 0. The number of amides is 1. The van der Waals surface area contributed by atoms with Gasteiger partial charge in [0.25, 0.3) is 0 Å². The predicted octanol–water partition coefficient (Wildman–Crippen LogP) is 2.35. The van der Waals surface area contributed by atoms with Crippen LogP contribution < -0.4 is 14.8 Å². The number of carbonyl (C=O) groups is 1. The lowest BCUT2D eigenvalue weighted by Gasteiger charge is -2.03. The molecular weight excluding hydrogens is 326 g/mol. The molecular formula is C18H17NO4S. The first-order valence-corrected chi connectivity index (χ1v) is 8.83. The van der Waals surface area contributed by atoms with Crippen molar-refractivity contribution in [3.05, 3.63) is 60.2 Å². The van der Waals surface area contributed by atoms with E-state index in [1.807, 2.05) is 48.5 Å². The molecule has 0 radical (unpaired) electrons. The standard InChI is InChI=1S/C18H17NO4S/c20-18(19-10-11-24(21)15-4-2-1-3-5-15)9-7-14-6-8-16-17(12-14)23-13-22-16/h1-9,12H,10-11,13H2,(H,19,20)/b9-7+/t24-/m0/s1. The fraction of sp³-hybridized carbons (Fsp3) is 0.167. The molecule has 3 rings (SSSR count). The van der Waals surface area contributed by atoms with Crippen LogP contribution in [0.15, 0.2) is 59.5 Å². The number of hydrogen-bond donors (Lipinski definition) is 1. The van der Waals surface area contributed by atoms with Crippen molar-refractivity contribution in [2.75, 3.05) is 19.1 Å². The Labute approximate surface area is 142 Å². The third-order valence-electron chi connectivity index (χ3n) is 3.42. The summed E-state index contributed by atoms with van der Waals surface area (Å²) in [5.74, 6) is 1.54. The Morgan fingerprint density at radius 2 is 1.92 bits per heavy atom. The number of hydrogen-bond acceptors (Lipinski definition) is 4. The molecule has 6 heteroatoms. The van der Waals surface area contributed by atoms with Crippen LogP contribution >= 0.6 is 0 Å². The van der Waals surface area contributed by atoms with Crippen LogP contribution in [-0.4, -0.2) is 29.2 Å². The van der Waals surface area contributed by atoms with Crippen LogP contribution in [0.1, 0.15) is 5.56 Å². The van der Waals surface area contributed by atoms with Gasteiger partial charge < -0.3 is 14.8 Å². The van der Waals surface area contributed by atoms with E-state index < -0.39 is 10.8 Å². The molecule has 2 aromatic rings. The van der Waals surface area contributed by atoms with Crippen LogP contribution in [0.25, 0.3) is 6.08 Å². The van der Waals surface area contributed by atoms with Crippen LogP contribution in [0, 0.1) is 0 Å².